The van der Waals surface area contributed by atoms with Gasteiger partial charge >= 0.3 is 0 Å². The van der Waals surface area contributed by atoms with Gasteiger partial charge in [-0.3, -0.25) is 9.59 Å². The van der Waals surface area contributed by atoms with Crippen molar-refractivity contribution in [3.05, 3.63) is 0 Å². The highest BCUT2D eigenvalue weighted by Gasteiger charge is 2.31. The summed E-state index contributed by atoms with van der Waals surface area (Å²) >= 11 is 0. The Morgan fingerprint density at radius 3 is 2.24 bits per heavy atom. The van der Waals surface area contributed by atoms with E-state index in [1.807, 2.05) is 0 Å². The first-order chi connectivity index (χ1) is 12.1. The second-order valence-corrected chi connectivity index (χ2v) is 8.57. The maximum atomic E-state index is 12.3. The van der Waals surface area contributed by atoms with Gasteiger partial charge in [0.25, 0.3) is 0 Å². The van der Waals surface area contributed by atoms with Gasteiger partial charge in [0, 0.05) is 31.0 Å². The molecular weight excluding hydrogens is 314 g/mol. The lowest BCUT2D eigenvalue weighted by Crippen LogP contribution is -2.44. The molecule has 3 aliphatic rings. The van der Waals surface area contributed by atoms with E-state index in [2.05, 4.69) is 10.6 Å². The Hall–Kier alpha value is -1.10. The molecule has 0 heterocycles. The zero-order valence-electron chi connectivity index (χ0n) is 15.5. The van der Waals surface area contributed by atoms with Crippen molar-refractivity contribution in [2.45, 2.75) is 89.1 Å². The van der Waals surface area contributed by atoms with E-state index in [1.165, 1.54) is 44.9 Å². The number of amides is 2. The van der Waals surface area contributed by atoms with E-state index in [0.717, 1.165) is 25.7 Å². The van der Waals surface area contributed by atoms with E-state index in [9.17, 15) is 9.59 Å². The fourth-order valence-electron chi connectivity index (χ4n) is 4.49. The molecule has 0 spiro atoms. The molecule has 5 nitrogen and oxygen atoms in total. The molecule has 0 aromatic carbocycles. The van der Waals surface area contributed by atoms with Crippen molar-refractivity contribution < 1.29 is 9.59 Å². The summed E-state index contributed by atoms with van der Waals surface area (Å²) in [7, 11) is 0. The molecule has 0 aliphatic heterocycles. The normalized spacial score (nSPS) is 29.0. The third-order valence-corrected chi connectivity index (χ3v) is 6.40. The Morgan fingerprint density at radius 1 is 0.920 bits per heavy atom. The molecule has 142 valence electrons. The number of nitrogens with one attached hydrogen (secondary N) is 2. The average Bonchev–Trinajstić information content (AvgIpc) is 3.46. The highest BCUT2D eigenvalue weighted by molar-refractivity contribution is 5.79. The summed E-state index contributed by atoms with van der Waals surface area (Å²) in [5.74, 6) is 1.68. The number of nitrogens with two attached hydrogens (primary N) is 1. The second kappa shape index (κ2) is 9.02. The van der Waals surface area contributed by atoms with Gasteiger partial charge in [-0.15, -0.1) is 0 Å². The fraction of sp³-hybridized carbons (Fsp3) is 0.900. The molecular formula is C20H35N3O2. The molecule has 0 aromatic rings. The Labute approximate surface area is 151 Å². The highest BCUT2D eigenvalue weighted by Crippen LogP contribution is 2.31. The quantitative estimate of drug-likeness (QED) is 0.660. The minimum atomic E-state index is 0.0953. The van der Waals surface area contributed by atoms with Crippen LogP contribution in [0.2, 0.25) is 0 Å². The first-order valence-corrected chi connectivity index (χ1v) is 10.4. The Kier molecular flexibility index (Phi) is 6.74. The van der Waals surface area contributed by atoms with E-state index in [4.69, 9.17) is 5.73 Å². The first-order valence-electron chi connectivity index (χ1n) is 10.4. The van der Waals surface area contributed by atoms with Crippen molar-refractivity contribution in [3.8, 4) is 0 Å². The maximum Gasteiger partial charge on any atom is 0.223 e. The lowest BCUT2D eigenvalue weighted by molar-refractivity contribution is -0.126. The van der Waals surface area contributed by atoms with Crippen molar-refractivity contribution in [1.82, 2.24) is 10.6 Å². The van der Waals surface area contributed by atoms with Gasteiger partial charge in [-0.2, -0.15) is 0 Å². The molecule has 3 aliphatic carbocycles. The van der Waals surface area contributed by atoms with Gasteiger partial charge in [-0.1, -0.05) is 19.3 Å². The monoisotopic (exact) mass is 349 g/mol. The molecule has 3 rings (SSSR count). The minimum Gasteiger partial charge on any atom is -0.354 e. The van der Waals surface area contributed by atoms with Crippen molar-refractivity contribution >= 4 is 11.8 Å². The standard InChI is InChI=1S/C20H35N3O2/c21-18(15-6-7-15)13-22-20(25)16-8-10-17(11-9-16)23-19(24)12-14-4-2-1-3-5-14/h14-18H,1-13,21H2,(H,22,25)(H,23,24). The highest BCUT2D eigenvalue weighted by atomic mass is 16.2. The van der Waals surface area contributed by atoms with E-state index in [0.29, 0.717) is 24.8 Å². The summed E-state index contributed by atoms with van der Waals surface area (Å²) in [5.41, 5.74) is 6.05. The summed E-state index contributed by atoms with van der Waals surface area (Å²) in [6.07, 6.45) is 13.0. The molecule has 0 saturated heterocycles. The molecule has 0 radical (unpaired) electrons. The van der Waals surface area contributed by atoms with E-state index >= 15 is 0 Å². The van der Waals surface area contributed by atoms with Crippen molar-refractivity contribution in [3.63, 3.8) is 0 Å². The van der Waals surface area contributed by atoms with Crippen LogP contribution in [-0.2, 0) is 9.59 Å². The van der Waals surface area contributed by atoms with Crippen LogP contribution in [0, 0.1) is 17.8 Å². The van der Waals surface area contributed by atoms with Gasteiger partial charge in [0.05, 0.1) is 0 Å². The van der Waals surface area contributed by atoms with E-state index in [1.54, 1.807) is 0 Å². The Balaban J connectivity index is 1.30. The molecule has 1 atom stereocenters. The van der Waals surface area contributed by atoms with Gasteiger partial charge in [-0.05, 0) is 63.2 Å². The van der Waals surface area contributed by atoms with Gasteiger partial charge < -0.3 is 16.4 Å². The van der Waals surface area contributed by atoms with Crippen molar-refractivity contribution in [2.75, 3.05) is 6.54 Å². The number of hydrogen-bond acceptors (Lipinski definition) is 3. The SMILES string of the molecule is NC(CNC(=O)C1CCC(NC(=O)CC2CCCCC2)CC1)C1CC1. The minimum absolute atomic E-state index is 0.0953. The summed E-state index contributed by atoms with van der Waals surface area (Å²) in [6.45, 7) is 0.613. The van der Waals surface area contributed by atoms with Crippen LogP contribution in [0.15, 0.2) is 0 Å². The molecule has 1 unspecified atom stereocenters. The van der Waals surface area contributed by atoms with Gasteiger partial charge in [-0.25, -0.2) is 0 Å². The zero-order valence-corrected chi connectivity index (χ0v) is 15.5. The molecule has 0 bridgehead atoms. The van der Waals surface area contributed by atoms with Crippen LogP contribution >= 0.6 is 0 Å². The predicted octanol–water partition coefficient (Wildman–Crippen LogP) is 2.49. The molecule has 2 amide bonds. The topological polar surface area (TPSA) is 84.2 Å². The first kappa shape index (κ1) is 18.7. The molecule has 0 aromatic heterocycles. The Morgan fingerprint density at radius 2 is 1.60 bits per heavy atom. The van der Waals surface area contributed by atoms with Gasteiger partial charge in [0.15, 0.2) is 0 Å². The second-order valence-electron chi connectivity index (χ2n) is 8.57. The van der Waals surface area contributed by atoms with Crippen LogP contribution in [0.4, 0.5) is 0 Å². The molecule has 5 heteroatoms. The van der Waals surface area contributed by atoms with E-state index < -0.39 is 0 Å². The number of carbonyl (C=O) groups is 2. The van der Waals surface area contributed by atoms with Crippen LogP contribution in [-0.4, -0.2) is 30.4 Å². The third kappa shape index (κ3) is 5.98. The third-order valence-electron chi connectivity index (χ3n) is 6.40. The molecule has 3 saturated carbocycles. The molecule has 25 heavy (non-hydrogen) atoms. The van der Waals surface area contributed by atoms with Crippen LogP contribution in [0.25, 0.3) is 0 Å². The van der Waals surface area contributed by atoms with E-state index in [-0.39, 0.29) is 29.8 Å². The summed E-state index contributed by atoms with van der Waals surface area (Å²) < 4.78 is 0. The summed E-state index contributed by atoms with van der Waals surface area (Å²) in [4.78, 5) is 24.5. The molecule has 3 fully saturated rings. The fourth-order valence-corrected chi connectivity index (χ4v) is 4.49. The smallest absolute Gasteiger partial charge is 0.223 e. The number of carbonyl (C=O) groups excluding carboxylic acids is 2. The van der Waals surface area contributed by atoms with Crippen LogP contribution in [0.3, 0.4) is 0 Å². The van der Waals surface area contributed by atoms with Gasteiger partial charge in [0.2, 0.25) is 11.8 Å². The van der Waals surface area contributed by atoms with Crippen molar-refractivity contribution in [2.24, 2.45) is 23.5 Å². The lowest BCUT2D eigenvalue weighted by atomic mass is 9.84. The Bertz CT molecular complexity index is 450. The van der Waals surface area contributed by atoms with Crippen LogP contribution in [0.5, 0.6) is 0 Å². The number of hydrogen-bond donors (Lipinski definition) is 3. The average molecular weight is 350 g/mol. The largest absolute Gasteiger partial charge is 0.354 e. The van der Waals surface area contributed by atoms with Crippen molar-refractivity contribution in [1.29, 1.82) is 0 Å². The van der Waals surface area contributed by atoms with Crippen LogP contribution < -0.4 is 16.4 Å². The summed E-state index contributed by atoms with van der Waals surface area (Å²) in [6, 6.07) is 0.383. The maximum absolute atomic E-state index is 12.3. The summed E-state index contributed by atoms with van der Waals surface area (Å²) in [5, 5.41) is 6.24. The predicted molar refractivity (Wildman–Crippen MR) is 98.8 cm³/mol. The lowest BCUT2D eigenvalue weighted by Gasteiger charge is -2.29. The van der Waals surface area contributed by atoms with Crippen LogP contribution in [0.1, 0.15) is 77.0 Å². The molecule has 4 N–H and O–H groups in total. The number of rotatable bonds is 7. The van der Waals surface area contributed by atoms with Gasteiger partial charge in [0.1, 0.15) is 0 Å². The zero-order chi connectivity index (χ0) is 17.6.